The highest BCUT2D eigenvalue weighted by Gasteiger charge is 2.05. The summed E-state index contributed by atoms with van der Waals surface area (Å²) in [5.74, 6) is 0.687. The molecule has 2 aromatic rings. The quantitative estimate of drug-likeness (QED) is 0.794. The SMILES string of the molecule is N#C[C@H](O)COc1cccc2ccccc12. The molecule has 0 aliphatic rings. The molecule has 0 fully saturated rings. The Morgan fingerprint density at radius 1 is 1.19 bits per heavy atom. The van der Waals surface area contributed by atoms with Crippen LogP contribution in [0.3, 0.4) is 0 Å². The molecule has 0 saturated heterocycles. The molecule has 0 amide bonds. The third kappa shape index (κ3) is 2.13. The summed E-state index contributed by atoms with van der Waals surface area (Å²) < 4.78 is 5.40. The molecule has 0 saturated carbocycles. The second-order valence-corrected chi connectivity index (χ2v) is 3.43. The highest BCUT2D eigenvalue weighted by molar-refractivity contribution is 5.88. The van der Waals surface area contributed by atoms with Gasteiger partial charge in [0.1, 0.15) is 12.4 Å². The van der Waals surface area contributed by atoms with Crippen molar-refractivity contribution in [2.75, 3.05) is 6.61 Å². The van der Waals surface area contributed by atoms with Crippen molar-refractivity contribution in [3.8, 4) is 11.8 Å². The second-order valence-electron chi connectivity index (χ2n) is 3.43. The fraction of sp³-hybridized carbons (Fsp3) is 0.154. The van der Waals surface area contributed by atoms with Crippen LogP contribution < -0.4 is 4.74 Å². The number of fused-ring (bicyclic) bond motifs is 1. The van der Waals surface area contributed by atoms with Gasteiger partial charge in [0.05, 0.1) is 6.07 Å². The van der Waals surface area contributed by atoms with Crippen molar-refractivity contribution in [2.24, 2.45) is 0 Å². The lowest BCUT2D eigenvalue weighted by molar-refractivity contribution is 0.151. The van der Waals surface area contributed by atoms with Crippen LogP contribution in [0.5, 0.6) is 5.75 Å². The molecule has 0 bridgehead atoms. The van der Waals surface area contributed by atoms with Gasteiger partial charge in [0.15, 0.2) is 6.10 Å². The van der Waals surface area contributed by atoms with E-state index in [1.54, 1.807) is 6.07 Å². The molecule has 0 aliphatic heterocycles. The molecule has 0 radical (unpaired) electrons. The number of aliphatic hydroxyl groups is 1. The summed E-state index contributed by atoms with van der Waals surface area (Å²) in [6, 6.07) is 15.2. The van der Waals surface area contributed by atoms with Gasteiger partial charge in [-0.05, 0) is 11.5 Å². The Balaban J connectivity index is 2.28. The van der Waals surface area contributed by atoms with Crippen LogP contribution >= 0.6 is 0 Å². The first-order chi connectivity index (χ1) is 7.81. The fourth-order valence-corrected chi connectivity index (χ4v) is 1.53. The third-order valence-corrected chi connectivity index (χ3v) is 2.30. The van der Waals surface area contributed by atoms with E-state index in [9.17, 15) is 0 Å². The number of nitriles is 1. The molecule has 2 rings (SSSR count). The summed E-state index contributed by atoms with van der Waals surface area (Å²) in [6.07, 6.45) is -1.08. The van der Waals surface area contributed by atoms with Crippen LogP contribution in [0.1, 0.15) is 0 Å². The lowest BCUT2D eigenvalue weighted by Crippen LogP contribution is -2.14. The van der Waals surface area contributed by atoms with Gasteiger partial charge in [0.2, 0.25) is 0 Å². The lowest BCUT2D eigenvalue weighted by atomic mass is 10.1. The molecule has 0 unspecified atom stereocenters. The summed E-state index contributed by atoms with van der Waals surface area (Å²) in [7, 11) is 0. The van der Waals surface area contributed by atoms with Gasteiger partial charge in [0.25, 0.3) is 0 Å². The predicted octanol–water partition coefficient (Wildman–Crippen LogP) is 2.10. The number of nitrogens with zero attached hydrogens (tertiary/aromatic N) is 1. The second kappa shape index (κ2) is 4.65. The number of benzene rings is 2. The maximum Gasteiger partial charge on any atom is 0.174 e. The van der Waals surface area contributed by atoms with Crippen LogP contribution in [0.15, 0.2) is 42.5 Å². The van der Waals surface area contributed by atoms with Gasteiger partial charge in [-0.2, -0.15) is 5.26 Å². The highest BCUT2D eigenvalue weighted by atomic mass is 16.5. The standard InChI is InChI=1S/C13H11NO2/c14-8-11(15)9-16-13-7-3-5-10-4-1-2-6-12(10)13/h1-7,11,15H,9H2/t11-/m0/s1. The van der Waals surface area contributed by atoms with Crippen LogP contribution in [-0.2, 0) is 0 Å². The molecular weight excluding hydrogens is 202 g/mol. The van der Waals surface area contributed by atoms with Crippen molar-refractivity contribution in [1.29, 1.82) is 5.26 Å². The van der Waals surface area contributed by atoms with E-state index in [-0.39, 0.29) is 6.61 Å². The number of aliphatic hydroxyl groups excluding tert-OH is 1. The molecule has 1 atom stereocenters. The van der Waals surface area contributed by atoms with Crippen LogP contribution in [0, 0.1) is 11.3 Å². The molecule has 1 N–H and O–H groups in total. The normalized spacial score (nSPS) is 12.0. The van der Waals surface area contributed by atoms with Crippen LogP contribution in [-0.4, -0.2) is 17.8 Å². The Labute approximate surface area is 93.5 Å². The van der Waals surface area contributed by atoms with Crippen LogP contribution in [0.25, 0.3) is 10.8 Å². The number of hydrogen-bond donors (Lipinski definition) is 1. The minimum atomic E-state index is -1.08. The third-order valence-electron chi connectivity index (χ3n) is 2.30. The molecule has 3 nitrogen and oxygen atoms in total. The summed E-state index contributed by atoms with van der Waals surface area (Å²) in [5, 5.41) is 19.6. The van der Waals surface area contributed by atoms with Crippen molar-refractivity contribution < 1.29 is 9.84 Å². The molecule has 3 heteroatoms. The van der Waals surface area contributed by atoms with E-state index in [4.69, 9.17) is 15.1 Å². The molecule has 0 heterocycles. The van der Waals surface area contributed by atoms with E-state index in [1.807, 2.05) is 42.5 Å². The Morgan fingerprint density at radius 3 is 2.75 bits per heavy atom. The van der Waals surface area contributed by atoms with Crippen molar-refractivity contribution in [1.82, 2.24) is 0 Å². The monoisotopic (exact) mass is 213 g/mol. The molecule has 80 valence electrons. The smallest absolute Gasteiger partial charge is 0.174 e. The van der Waals surface area contributed by atoms with E-state index in [0.717, 1.165) is 10.8 Å². The van der Waals surface area contributed by atoms with Crippen LogP contribution in [0.2, 0.25) is 0 Å². The van der Waals surface area contributed by atoms with Crippen molar-refractivity contribution >= 4 is 10.8 Å². The number of hydrogen-bond acceptors (Lipinski definition) is 3. The molecular formula is C13H11NO2. The molecule has 0 spiro atoms. The average Bonchev–Trinajstić information content (AvgIpc) is 2.35. The highest BCUT2D eigenvalue weighted by Crippen LogP contribution is 2.25. The molecule has 16 heavy (non-hydrogen) atoms. The first kappa shape index (κ1) is 10.5. The van der Waals surface area contributed by atoms with E-state index < -0.39 is 6.10 Å². The van der Waals surface area contributed by atoms with Gasteiger partial charge in [-0.1, -0.05) is 36.4 Å². The Kier molecular flexibility index (Phi) is 3.04. The van der Waals surface area contributed by atoms with Gasteiger partial charge in [0, 0.05) is 5.39 Å². The first-order valence-corrected chi connectivity index (χ1v) is 4.99. The minimum Gasteiger partial charge on any atom is -0.489 e. The molecule has 2 aromatic carbocycles. The van der Waals surface area contributed by atoms with Crippen LogP contribution in [0.4, 0.5) is 0 Å². The largest absolute Gasteiger partial charge is 0.489 e. The first-order valence-electron chi connectivity index (χ1n) is 4.99. The minimum absolute atomic E-state index is 0.00942. The van der Waals surface area contributed by atoms with Gasteiger partial charge >= 0.3 is 0 Å². The van der Waals surface area contributed by atoms with E-state index in [2.05, 4.69) is 0 Å². The lowest BCUT2D eigenvalue weighted by Gasteiger charge is -2.09. The topological polar surface area (TPSA) is 53.2 Å². The van der Waals surface area contributed by atoms with Crippen molar-refractivity contribution in [2.45, 2.75) is 6.10 Å². The van der Waals surface area contributed by atoms with Crippen molar-refractivity contribution in [3.63, 3.8) is 0 Å². The van der Waals surface area contributed by atoms with Gasteiger partial charge < -0.3 is 9.84 Å². The van der Waals surface area contributed by atoms with Gasteiger partial charge in [-0.3, -0.25) is 0 Å². The Morgan fingerprint density at radius 2 is 1.94 bits per heavy atom. The molecule has 0 aromatic heterocycles. The van der Waals surface area contributed by atoms with Gasteiger partial charge in [-0.15, -0.1) is 0 Å². The summed E-state index contributed by atoms with van der Waals surface area (Å²) in [5.41, 5.74) is 0. The zero-order valence-corrected chi connectivity index (χ0v) is 8.63. The molecule has 0 aliphatic carbocycles. The summed E-state index contributed by atoms with van der Waals surface area (Å²) in [4.78, 5) is 0. The number of ether oxygens (including phenoxy) is 1. The zero-order chi connectivity index (χ0) is 11.4. The Bertz CT molecular complexity index is 525. The average molecular weight is 213 g/mol. The van der Waals surface area contributed by atoms with E-state index in [1.165, 1.54) is 0 Å². The number of rotatable bonds is 3. The van der Waals surface area contributed by atoms with Gasteiger partial charge in [-0.25, -0.2) is 0 Å². The Hall–Kier alpha value is -2.05. The van der Waals surface area contributed by atoms with Crippen molar-refractivity contribution in [3.05, 3.63) is 42.5 Å². The maximum absolute atomic E-state index is 9.11. The van der Waals surface area contributed by atoms with E-state index >= 15 is 0 Å². The fourth-order valence-electron chi connectivity index (χ4n) is 1.53. The van der Waals surface area contributed by atoms with E-state index in [0.29, 0.717) is 5.75 Å². The zero-order valence-electron chi connectivity index (χ0n) is 8.63. The predicted molar refractivity (Wildman–Crippen MR) is 61.1 cm³/mol. The summed E-state index contributed by atoms with van der Waals surface area (Å²) in [6.45, 7) is -0.00942. The summed E-state index contributed by atoms with van der Waals surface area (Å²) >= 11 is 0. The maximum atomic E-state index is 9.11.